The third-order valence-corrected chi connectivity index (χ3v) is 11.8. The summed E-state index contributed by atoms with van der Waals surface area (Å²) in [5.41, 5.74) is 7.46. The van der Waals surface area contributed by atoms with E-state index in [0.717, 1.165) is 67.4 Å². The number of ether oxygens (including phenoxy) is 1. The predicted octanol–water partition coefficient (Wildman–Crippen LogP) is 8.06. The van der Waals surface area contributed by atoms with Gasteiger partial charge in [-0.1, -0.05) is 69.7 Å². The van der Waals surface area contributed by atoms with Crippen LogP contribution in [0.4, 0.5) is 4.79 Å². The van der Waals surface area contributed by atoms with Gasteiger partial charge in [-0.2, -0.15) is 0 Å². The van der Waals surface area contributed by atoms with Crippen LogP contribution in [0.3, 0.4) is 0 Å². The number of unbranched alkanes of at least 4 members (excludes halogenated alkanes) is 1. The highest BCUT2D eigenvalue weighted by molar-refractivity contribution is 6.84. The molecule has 4 saturated carbocycles. The molecule has 1 N–H and O–H groups in total. The second-order valence-electron chi connectivity index (χ2n) is 15.4. The Bertz CT molecular complexity index is 1450. The number of hydrogen-bond acceptors (Lipinski definition) is 3. The van der Waals surface area contributed by atoms with Crippen molar-refractivity contribution < 1.29 is 19.4 Å². The summed E-state index contributed by atoms with van der Waals surface area (Å²) >= 11 is 0. The highest BCUT2D eigenvalue weighted by atomic mass is 28.3. The van der Waals surface area contributed by atoms with Crippen LogP contribution >= 0.6 is 0 Å². The lowest BCUT2D eigenvalue weighted by atomic mass is 9.52. The molecule has 2 aromatic carbocycles. The summed E-state index contributed by atoms with van der Waals surface area (Å²) < 4.78 is 5.60. The molecule has 0 spiro atoms. The van der Waals surface area contributed by atoms with Gasteiger partial charge in [0.1, 0.15) is 13.8 Å². The first-order chi connectivity index (χ1) is 21.5. The Kier molecular flexibility index (Phi) is 8.82. The molecule has 1 aliphatic heterocycles. The Hall–Kier alpha value is -3.24. The van der Waals surface area contributed by atoms with E-state index in [9.17, 15) is 14.7 Å². The lowest BCUT2D eigenvalue weighted by Crippen LogP contribution is -2.61. The van der Waals surface area contributed by atoms with Gasteiger partial charge in [0.05, 0.1) is 13.2 Å². The first kappa shape index (κ1) is 31.7. The Morgan fingerprint density at radius 3 is 2.22 bits per heavy atom. The minimum absolute atomic E-state index is 0.0382. The van der Waals surface area contributed by atoms with E-state index in [1.54, 1.807) is 12.0 Å². The topological polar surface area (TPSA) is 70.1 Å². The molecule has 0 aromatic heterocycles. The maximum Gasteiger partial charge on any atom is 0.408 e. The summed E-state index contributed by atoms with van der Waals surface area (Å²) in [4.78, 5) is 30.6. The highest BCUT2D eigenvalue weighted by Gasteiger charge is 2.54. The number of carbonyl (C=O) groups excluding carboxylic acids is 1. The van der Waals surface area contributed by atoms with Gasteiger partial charge in [0.15, 0.2) is 0 Å². The van der Waals surface area contributed by atoms with Crippen molar-refractivity contribution in [1.82, 2.24) is 9.80 Å². The molecule has 4 bridgehead atoms. The number of methoxy groups -OCH3 is 1. The minimum Gasteiger partial charge on any atom is -0.497 e. The van der Waals surface area contributed by atoms with E-state index in [2.05, 4.69) is 74.4 Å². The van der Waals surface area contributed by atoms with Gasteiger partial charge in [0.25, 0.3) is 5.91 Å². The first-order valence-electron chi connectivity index (χ1n) is 17.1. The molecule has 7 heteroatoms. The summed E-state index contributed by atoms with van der Waals surface area (Å²) in [7, 11) is -0.0570. The summed E-state index contributed by atoms with van der Waals surface area (Å²) in [5.74, 6) is 5.83. The summed E-state index contributed by atoms with van der Waals surface area (Å²) in [6.07, 6.45) is 9.89. The second kappa shape index (κ2) is 12.5. The number of carbonyl (C=O) groups is 2. The van der Waals surface area contributed by atoms with Gasteiger partial charge in [-0.05, 0) is 109 Å². The molecule has 4 aliphatic carbocycles. The van der Waals surface area contributed by atoms with Crippen LogP contribution in [0.25, 0.3) is 0 Å². The second-order valence-corrected chi connectivity index (χ2v) is 20.2. The van der Waals surface area contributed by atoms with Gasteiger partial charge >= 0.3 is 6.09 Å². The molecule has 6 nitrogen and oxygen atoms in total. The predicted molar refractivity (Wildman–Crippen MR) is 181 cm³/mol. The summed E-state index contributed by atoms with van der Waals surface area (Å²) in [5, 5.41) is 10.5. The Labute approximate surface area is 270 Å². The number of nitrogens with zero attached hydrogens (tertiary/aromatic N) is 2. The fourth-order valence-corrected chi connectivity index (χ4v) is 9.78. The van der Waals surface area contributed by atoms with E-state index < -0.39 is 14.2 Å². The van der Waals surface area contributed by atoms with E-state index in [1.807, 2.05) is 11.0 Å². The van der Waals surface area contributed by atoms with Crippen LogP contribution in [0.1, 0.15) is 93.0 Å². The third kappa shape index (κ3) is 6.54. The van der Waals surface area contributed by atoms with Crippen molar-refractivity contribution in [3.63, 3.8) is 0 Å². The van der Waals surface area contributed by atoms with Gasteiger partial charge in [-0.15, -0.1) is 5.54 Å². The van der Waals surface area contributed by atoms with Crippen molar-refractivity contribution in [2.75, 3.05) is 7.11 Å². The number of hydrogen-bond donors (Lipinski definition) is 1. The zero-order valence-electron chi connectivity index (χ0n) is 27.8. The smallest absolute Gasteiger partial charge is 0.408 e. The molecule has 45 heavy (non-hydrogen) atoms. The molecule has 0 saturated heterocycles. The van der Waals surface area contributed by atoms with Gasteiger partial charge in [-0.3, -0.25) is 9.69 Å². The van der Waals surface area contributed by atoms with E-state index in [0.29, 0.717) is 24.3 Å². The van der Waals surface area contributed by atoms with Crippen LogP contribution in [0.15, 0.2) is 42.5 Å². The molecular formula is C38H50N2O4Si. The number of benzene rings is 2. The van der Waals surface area contributed by atoms with Gasteiger partial charge < -0.3 is 14.7 Å². The maximum absolute atomic E-state index is 14.0. The molecule has 5 aliphatic rings. The maximum atomic E-state index is 14.0. The Morgan fingerprint density at radius 2 is 1.67 bits per heavy atom. The zero-order chi connectivity index (χ0) is 31.9. The molecule has 1 heterocycles. The third-order valence-electron chi connectivity index (χ3n) is 10.9. The quantitative estimate of drug-likeness (QED) is 0.238. The summed E-state index contributed by atoms with van der Waals surface area (Å²) in [6, 6.07) is 14.4. The number of rotatable bonds is 8. The van der Waals surface area contributed by atoms with Crippen LogP contribution < -0.4 is 4.74 Å². The lowest BCUT2D eigenvalue weighted by Gasteiger charge is -2.59. The molecule has 0 radical (unpaired) electrons. The number of fused-ring (bicyclic) bond motifs is 1. The fraction of sp³-hybridized carbons (Fsp3) is 0.579. The van der Waals surface area contributed by atoms with E-state index in [4.69, 9.17) is 4.74 Å². The Balaban J connectivity index is 1.34. The highest BCUT2D eigenvalue weighted by Crippen LogP contribution is 2.58. The van der Waals surface area contributed by atoms with Crippen molar-refractivity contribution in [2.24, 2.45) is 17.8 Å². The molecule has 240 valence electrons. The average Bonchev–Trinajstić information content (AvgIpc) is 2.99. The number of carboxylic acid groups (broad SMARTS) is 1. The largest absolute Gasteiger partial charge is 0.497 e. The molecule has 4 fully saturated rings. The van der Waals surface area contributed by atoms with Crippen LogP contribution in [0, 0.1) is 29.2 Å². The van der Waals surface area contributed by atoms with Crippen LogP contribution in [0.5, 0.6) is 5.75 Å². The van der Waals surface area contributed by atoms with Crippen molar-refractivity contribution in [1.29, 1.82) is 0 Å². The monoisotopic (exact) mass is 626 g/mol. The molecule has 0 unspecified atom stereocenters. The van der Waals surface area contributed by atoms with Gasteiger partial charge in [-0.25, -0.2) is 4.79 Å². The molecule has 7 rings (SSSR count). The lowest BCUT2D eigenvalue weighted by molar-refractivity contribution is -0.130. The van der Waals surface area contributed by atoms with Crippen LogP contribution in [-0.2, 0) is 17.8 Å². The minimum atomic E-state index is -1.75. The molecule has 2 amide bonds. The SMILES string of the molecule is CCCC[C@H]1Cc2cc(OC)ccc2[C@H](c2ccc(CN(C(=O)O)C34CC5CC(CC(C5)C3)C4)cc2)N1C(=O)C#C[Si](C)(C)C. The Morgan fingerprint density at radius 1 is 1.02 bits per heavy atom. The fourth-order valence-electron chi connectivity index (χ4n) is 9.30. The summed E-state index contributed by atoms with van der Waals surface area (Å²) in [6.45, 7) is 9.10. The van der Waals surface area contributed by atoms with Crippen LogP contribution in [-0.4, -0.2) is 53.7 Å². The van der Waals surface area contributed by atoms with Crippen LogP contribution in [0.2, 0.25) is 19.6 Å². The zero-order valence-corrected chi connectivity index (χ0v) is 28.8. The van der Waals surface area contributed by atoms with Crippen molar-refractivity contribution >= 4 is 20.1 Å². The van der Waals surface area contributed by atoms with Crippen molar-refractivity contribution in [3.05, 3.63) is 64.7 Å². The van der Waals surface area contributed by atoms with Crippen molar-refractivity contribution in [2.45, 2.75) is 115 Å². The van der Waals surface area contributed by atoms with E-state index in [1.165, 1.54) is 24.8 Å². The van der Waals surface area contributed by atoms with E-state index >= 15 is 0 Å². The van der Waals surface area contributed by atoms with E-state index in [-0.39, 0.29) is 23.5 Å². The molecule has 2 atom stereocenters. The number of amides is 2. The average molecular weight is 627 g/mol. The first-order valence-corrected chi connectivity index (χ1v) is 20.6. The van der Waals surface area contributed by atoms with Gasteiger partial charge in [0, 0.05) is 18.1 Å². The normalized spacial score (nSPS) is 28.2. The molecule has 2 aromatic rings. The molecular weight excluding hydrogens is 577 g/mol. The standard InChI is InChI=1S/C38H50N2O4Si/c1-6-7-8-32-20-31-21-33(44-2)13-14-34(31)36(40(32)35(41)15-16-45(3,4)5)30-11-9-26(10-12-30)25-39(37(42)43)38-22-27-17-28(23-38)19-29(18-27)24-38/h9-14,21,27-29,32,36H,6-8,17-20,22-25H2,1-5H3,(H,42,43)/t27?,28?,29?,32-,36-,38?/m0/s1. The van der Waals surface area contributed by atoms with Gasteiger partial charge in [0.2, 0.25) is 0 Å². The van der Waals surface area contributed by atoms with Crippen molar-refractivity contribution in [3.8, 4) is 17.2 Å².